The summed E-state index contributed by atoms with van der Waals surface area (Å²) in [4.78, 5) is 25.0. The molecule has 0 heterocycles. The van der Waals surface area contributed by atoms with E-state index in [9.17, 15) is 9.59 Å². The van der Waals surface area contributed by atoms with Crippen LogP contribution in [-0.4, -0.2) is 11.7 Å². The molecule has 3 nitrogen and oxygen atoms in total. The Morgan fingerprint density at radius 1 is 0.913 bits per heavy atom. The minimum Gasteiger partial charge on any atom is -0.326 e. The summed E-state index contributed by atoms with van der Waals surface area (Å²) >= 11 is 0. The molecule has 1 N–H and O–H groups in total. The van der Waals surface area contributed by atoms with Gasteiger partial charge in [0, 0.05) is 22.2 Å². The van der Waals surface area contributed by atoms with Crippen molar-refractivity contribution in [3.8, 4) is 0 Å². The summed E-state index contributed by atoms with van der Waals surface area (Å²) in [6, 6.07) is 16.4. The average Bonchev–Trinajstić information content (AvgIpc) is 3.03. The summed E-state index contributed by atoms with van der Waals surface area (Å²) in [7, 11) is 0. The minimum atomic E-state index is -0.278. The van der Waals surface area contributed by atoms with E-state index >= 15 is 0 Å². The molecule has 1 aliphatic rings. The molecule has 2 aromatic carbocycles. The van der Waals surface area contributed by atoms with Gasteiger partial charge in [-0.25, -0.2) is 0 Å². The molecule has 23 heavy (non-hydrogen) atoms. The van der Waals surface area contributed by atoms with E-state index in [0.717, 1.165) is 25.7 Å². The molecule has 0 atom stereocenters. The molecule has 2 aromatic rings. The second kappa shape index (κ2) is 6.37. The standard InChI is InChI=1S/C20H21NO2/c1-20(12-5-6-13-20)19(23)21-17-11-7-10-16(14-17)18(22)15-8-3-2-4-9-15/h2-4,7-11,14H,5-6,12-13H2,1H3,(H,21,23). The van der Waals surface area contributed by atoms with Gasteiger partial charge in [-0.05, 0) is 25.0 Å². The van der Waals surface area contributed by atoms with Crippen LogP contribution in [0.15, 0.2) is 54.6 Å². The van der Waals surface area contributed by atoms with Crippen LogP contribution in [0.4, 0.5) is 5.69 Å². The molecule has 0 unspecified atom stereocenters. The van der Waals surface area contributed by atoms with Gasteiger partial charge in [-0.2, -0.15) is 0 Å². The molecule has 0 spiro atoms. The van der Waals surface area contributed by atoms with Crippen LogP contribution in [0.2, 0.25) is 0 Å². The molecule has 0 bridgehead atoms. The molecule has 1 aliphatic carbocycles. The zero-order chi connectivity index (χ0) is 16.3. The van der Waals surface area contributed by atoms with E-state index in [-0.39, 0.29) is 17.1 Å². The van der Waals surface area contributed by atoms with E-state index in [0.29, 0.717) is 16.8 Å². The first kappa shape index (κ1) is 15.5. The van der Waals surface area contributed by atoms with E-state index in [1.807, 2.05) is 37.3 Å². The Kier molecular flexibility index (Phi) is 4.28. The van der Waals surface area contributed by atoms with Gasteiger partial charge in [-0.3, -0.25) is 9.59 Å². The Hall–Kier alpha value is -2.42. The van der Waals surface area contributed by atoms with Gasteiger partial charge >= 0.3 is 0 Å². The van der Waals surface area contributed by atoms with Crippen LogP contribution in [0.1, 0.15) is 48.5 Å². The normalized spacial score (nSPS) is 16.0. The highest BCUT2D eigenvalue weighted by molar-refractivity contribution is 6.09. The Labute approximate surface area is 136 Å². The number of amides is 1. The minimum absolute atomic E-state index is 0.0335. The summed E-state index contributed by atoms with van der Waals surface area (Å²) in [5.74, 6) is 0.0214. The molecule has 118 valence electrons. The highest BCUT2D eigenvalue weighted by Crippen LogP contribution is 2.38. The number of rotatable bonds is 4. The topological polar surface area (TPSA) is 46.2 Å². The Morgan fingerprint density at radius 3 is 2.26 bits per heavy atom. The predicted molar refractivity (Wildman–Crippen MR) is 91.5 cm³/mol. The molecule has 1 amide bonds. The van der Waals surface area contributed by atoms with Crippen molar-refractivity contribution in [3.05, 3.63) is 65.7 Å². The predicted octanol–water partition coefficient (Wildman–Crippen LogP) is 4.44. The van der Waals surface area contributed by atoms with Gasteiger partial charge in [-0.15, -0.1) is 0 Å². The number of ketones is 1. The molecule has 1 saturated carbocycles. The maximum absolute atomic E-state index is 12.5. The van der Waals surface area contributed by atoms with Crippen molar-refractivity contribution in [1.82, 2.24) is 0 Å². The SMILES string of the molecule is CC1(C(=O)Nc2cccc(C(=O)c3ccccc3)c2)CCCC1. The Bertz CT molecular complexity index is 715. The van der Waals surface area contributed by atoms with Gasteiger partial charge in [-0.1, -0.05) is 62.2 Å². The van der Waals surface area contributed by atoms with Gasteiger partial charge < -0.3 is 5.32 Å². The number of nitrogens with one attached hydrogen (secondary N) is 1. The lowest BCUT2D eigenvalue weighted by molar-refractivity contribution is -0.124. The summed E-state index contributed by atoms with van der Waals surface area (Å²) in [6.45, 7) is 2.02. The number of hydrogen-bond acceptors (Lipinski definition) is 2. The first-order valence-corrected chi connectivity index (χ1v) is 8.10. The lowest BCUT2D eigenvalue weighted by atomic mass is 9.88. The van der Waals surface area contributed by atoms with Crippen LogP contribution in [0, 0.1) is 5.41 Å². The summed E-state index contributed by atoms with van der Waals surface area (Å²) in [6.07, 6.45) is 4.08. The van der Waals surface area contributed by atoms with E-state index in [2.05, 4.69) is 5.32 Å². The highest BCUT2D eigenvalue weighted by atomic mass is 16.2. The zero-order valence-corrected chi connectivity index (χ0v) is 13.3. The summed E-state index contributed by atoms with van der Waals surface area (Å²) < 4.78 is 0. The van der Waals surface area contributed by atoms with Crippen LogP contribution >= 0.6 is 0 Å². The third-order valence-electron chi connectivity index (χ3n) is 4.67. The number of carbonyl (C=O) groups excluding carboxylic acids is 2. The van der Waals surface area contributed by atoms with Crippen LogP contribution < -0.4 is 5.32 Å². The van der Waals surface area contributed by atoms with Crippen LogP contribution in [0.5, 0.6) is 0 Å². The zero-order valence-electron chi connectivity index (χ0n) is 13.3. The number of carbonyl (C=O) groups is 2. The fourth-order valence-electron chi connectivity index (χ4n) is 3.16. The quantitative estimate of drug-likeness (QED) is 0.849. The smallest absolute Gasteiger partial charge is 0.230 e. The molecule has 3 rings (SSSR count). The maximum Gasteiger partial charge on any atom is 0.230 e. The van der Waals surface area contributed by atoms with Gasteiger partial charge in [0.15, 0.2) is 5.78 Å². The monoisotopic (exact) mass is 307 g/mol. The van der Waals surface area contributed by atoms with Crippen molar-refractivity contribution in [2.45, 2.75) is 32.6 Å². The van der Waals surface area contributed by atoms with E-state index in [1.54, 1.807) is 24.3 Å². The second-order valence-electron chi connectivity index (χ2n) is 6.50. The van der Waals surface area contributed by atoms with Crippen molar-refractivity contribution < 1.29 is 9.59 Å². The highest BCUT2D eigenvalue weighted by Gasteiger charge is 2.36. The first-order valence-electron chi connectivity index (χ1n) is 8.10. The van der Waals surface area contributed by atoms with Crippen molar-refractivity contribution in [1.29, 1.82) is 0 Å². The summed E-state index contributed by atoms with van der Waals surface area (Å²) in [5, 5.41) is 2.98. The van der Waals surface area contributed by atoms with Crippen molar-refractivity contribution in [2.75, 3.05) is 5.32 Å². The van der Waals surface area contributed by atoms with Gasteiger partial charge in [0.1, 0.15) is 0 Å². The van der Waals surface area contributed by atoms with Crippen molar-refractivity contribution in [2.24, 2.45) is 5.41 Å². The first-order chi connectivity index (χ1) is 11.1. The largest absolute Gasteiger partial charge is 0.326 e. The Balaban J connectivity index is 1.78. The van der Waals surface area contributed by atoms with Crippen molar-refractivity contribution in [3.63, 3.8) is 0 Å². The van der Waals surface area contributed by atoms with E-state index in [1.165, 1.54) is 0 Å². The molecular formula is C20H21NO2. The van der Waals surface area contributed by atoms with Crippen LogP contribution in [-0.2, 0) is 4.79 Å². The van der Waals surface area contributed by atoms with Gasteiger partial charge in [0.05, 0.1) is 0 Å². The molecule has 0 saturated heterocycles. The van der Waals surface area contributed by atoms with Gasteiger partial charge in [0.25, 0.3) is 0 Å². The number of benzene rings is 2. The third kappa shape index (κ3) is 3.34. The van der Waals surface area contributed by atoms with Crippen molar-refractivity contribution >= 4 is 17.4 Å². The lowest BCUT2D eigenvalue weighted by Gasteiger charge is -2.22. The van der Waals surface area contributed by atoms with E-state index < -0.39 is 0 Å². The van der Waals surface area contributed by atoms with Crippen LogP contribution in [0.3, 0.4) is 0 Å². The molecule has 3 heteroatoms. The fourth-order valence-corrected chi connectivity index (χ4v) is 3.16. The average molecular weight is 307 g/mol. The van der Waals surface area contributed by atoms with Gasteiger partial charge in [0.2, 0.25) is 5.91 Å². The maximum atomic E-state index is 12.5. The van der Waals surface area contributed by atoms with E-state index in [4.69, 9.17) is 0 Å². The van der Waals surface area contributed by atoms with Crippen LogP contribution in [0.25, 0.3) is 0 Å². The Morgan fingerprint density at radius 2 is 1.57 bits per heavy atom. The molecule has 0 radical (unpaired) electrons. The fraction of sp³-hybridized carbons (Fsp3) is 0.300. The summed E-state index contributed by atoms with van der Waals surface area (Å²) in [5.41, 5.74) is 1.65. The number of anilines is 1. The number of hydrogen-bond donors (Lipinski definition) is 1. The lowest BCUT2D eigenvalue weighted by Crippen LogP contribution is -2.30. The third-order valence-corrected chi connectivity index (χ3v) is 4.67. The molecule has 0 aromatic heterocycles. The molecular weight excluding hydrogens is 286 g/mol. The molecule has 0 aliphatic heterocycles. The molecule has 1 fully saturated rings. The second-order valence-corrected chi connectivity index (χ2v) is 6.50.